The highest BCUT2D eigenvalue weighted by atomic mass is 35.5. The topological polar surface area (TPSA) is 59.4 Å². The van der Waals surface area contributed by atoms with Crippen molar-refractivity contribution < 1.29 is 9.53 Å². The Kier molecular flexibility index (Phi) is 5.95. The molecular weight excluding hydrogens is 400 g/mol. The van der Waals surface area contributed by atoms with Crippen LogP contribution in [0.1, 0.15) is 28.1 Å². The molecule has 3 aromatic rings. The van der Waals surface area contributed by atoms with Crippen molar-refractivity contribution in [3.05, 3.63) is 81.6 Å². The fourth-order valence-corrected chi connectivity index (χ4v) is 3.79. The van der Waals surface area contributed by atoms with Gasteiger partial charge in [-0.2, -0.15) is 5.10 Å². The minimum Gasteiger partial charge on any atom is -0.448 e. The molecule has 1 N–H and O–H groups in total. The molecule has 0 aliphatic carbocycles. The maximum absolute atomic E-state index is 11.7. The minimum absolute atomic E-state index is 0.243. The van der Waals surface area contributed by atoms with Gasteiger partial charge in [-0.3, -0.25) is 4.68 Å². The van der Waals surface area contributed by atoms with Gasteiger partial charge in [0.2, 0.25) is 0 Å². The number of hydrogen-bond acceptors (Lipinski definition) is 4. The van der Waals surface area contributed by atoms with Gasteiger partial charge in [0.15, 0.2) is 0 Å². The Morgan fingerprint density at radius 1 is 1.10 bits per heavy atom. The highest BCUT2D eigenvalue weighted by molar-refractivity contribution is 6.30. The Balaban J connectivity index is 1.42. The van der Waals surface area contributed by atoms with E-state index in [-0.39, 0.29) is 6.09 Å². The predicted molar refractivity (Wildman–Crippen MR) is 118 cm³/mol. The number of ether oxygens (including phenoxy) is 1. The van der Waals surface area contributed by atoms with Crippen LogP contribution < -0.4 is 5.32 Å². The Bertz CT molecular complexity index is 1050. The van der Waals surface area contributed by atoms with E-state index in [0.29, 0.717) is 32.8 Å². The molecular formula is C23H25ClN4O2. The van der Waals surface area contributed by atoms with E-state index >= 15 is 0 Å². The van der Waals surface area contributed by atoms with E-state index in [2.05, 4.69) is 18.3 Å². The Hall–Kier alpha value is -2.99. The second kappa shape index (κ2) is 8.79. The second-order valence-corrected chi connectivity index (χ2v) is 7.96. The van der Waals surface area contributed by atoms with Crippen LogP contribution in [0.3, 0.4) is 0 Å². The summed E-state index contributed by atoms with van der Waals surface area (Å²) in [6, 6.07) is 16.0. The average molecular weight is 425 g/mol. The van der Waals surface area contributed by atoms with Crippen molar-refractivity contribution in [2.45, 2.75) is 33.5 Å². The van der Waals surface area contributed by atoms with Crippen molar-refractivity contribution in [3.8, 4) is 0 Å². The summed E-state index contributed by atoms with van der Waals surface area (Å²) < 4.78 is 7.04. The number of cyclic esters (lactones) is 1. The summed E-state index contributed by atoms with van der Waals surface area (Å²) in [7, 11) is 0. The highest BCUT2D eigenvalue weighted by Crippen LogP contribution is 2.20. The molecule has 156 valence electrons. The van der Waals surface area contributed by atoms with Crippen molar-refractivity contribution in [2.24, 2.45) is 0 Å². The fourth-order valence-electron chi connectivity index (χ4n) is 3.67. The maximum Gasteiger partial charge on any atom is 0.410 e. The molecule has 0 bridgehead atoms. The van der Waals surface area contributed by atoms with Crippen LogP contribution >= 0.6 is 11.6 Å². The molecule has 0 spiro atoms. The van der Waals surface area contributed by atoms with E-state index in [1.165, 1.54) is 5.56 Å². The Labute approximate surface area is 181 Å². The van der Waals surface area contributed by atoms with Gasteiger partial charge in [0.05, 0.1) is 18.8 Å². The molecule has 1 aliphatic rings. The monoisotopic (exact) mass is 424 g/mol. The molecule has 1 fully saturated rings. The third-order valence-corrected chi connectivity index (χ3v) is 5.64. The van der Waals surface area contributed by atoms with E-state index in [4.69, 9.17) is 21.4 Å². The number of halogens is 1. The molecule has 0 unspecified atom stereocenters. The zero-order chi connectivity index (χ0) is 21.1. The smallest absolute Gasteiger partial charge is 0.410 e. The number of anilines is 1. The minimum atomic E-state index is -0.243. The third kappa shape index (κ3) is 4.60. The van der Waals surface area contributed by atoms with Gasteiger partial charge in [-0.15, -0.1) is 0 Å². The first-order valence-corrected chi connectivity index (χ1v) is 10.4. The van der Waals surface area contributed by atoms with Gasteiger partial charge < -0.3 is 15.0 Å². The zero-order valence-corrected chi connectivity index (χ0v) is 17.9. The number of amides is 1. The number of aryl methyl sites for hydroxylation is 1. The van der Waals surface area contributed by atoms with Crippen LogP contribution in [0.5, 0.6) is 0 Å². The SMILES string of the molecule is Cc1nn(Cc2ccc(Cl)cc2)c(C)c1CNc1cccc(CN2CCOC2=O)c1. The molecule has 1 saturated heterocycles. The summed E-state index contributed by atoms with van der Waals surface area (Å²) in [5.41, 5.74) is 6.61. The van der Waals surface area contributed by atoms with Gasteiger partial charge in [0.1, 0.15) is 6.61 Å². The van der Waals surface area contributed by atoms with Crippen LogP contribution in [0, 0.1) is 13.8 Å². The number of carbonyl (C=O) groups excluding carboxylic acids is 1. The lowest BCUT2D eigenvalue weighted by Crippen LogP contribution is -2.23. The first-order chi connectivity index (χ1) is 14.5. The van der Waals surface area contributed by atoms with Crippen LogP contribution in [0.15, 0.2) is 48.5 Å². The molecule has 7 heteroatoms. The molecule has 4 rings (SSSR count). The van der Waals surface area contributed by atoms with Crippen molar-refractivity contribution in [1.29, 1.82) is 0 Å². The van der Waals surface area contributed by atoms with Gasteiger partial charge in [0.25, 0.3) is 0 Å². The first kappa shape index (κ1) is 20.3. The first-order valence-electron chi connectivity index (χ1n) is 10.0. The number of nitrogens with one attached hydrogen (secondary N) is 1. The summed E-state index contributed by atoms with van der Waals surface area (Å²) in [5, 5.41) is 8.96. The number of carbonyl (C=O) groups is 1. The predicted octanol–water partition coefficient (Wildman–Crippen LogP) is 4.77. The molecule has 0 saturated carbocycles. The number of rotatable bonds is 7. The molecule has 0 atom stereocenters. The zero-order valence-electron chi connectivity index (χ0n) is 17.2. The molecule has 1 aliphatic heterocycles. The maximum atomic E-state index is 11.7. The average Bonchev–Trinajstić information content (AvgIpc) is 3.25. The molecule has 2 heterocycles. The van der Waals surface area contributed by atoms with Gasteiger partial charge in [0, 0.05) is 35.1 Å². The van der Waals surface area contributed by atoms with E-state index in [9.17, 15) is 4.79 Å². The largest absolute Gasteiger partial charge is 0.448 e. The van der Waals surface area contributed by atoms with Crippen LogP contribution in [-0.2, 0) is 24.4 Å². The lowest BCUT2D eigenvalue weighted by atomic mass is 10.1. The standard InChI is InChI=1S/C23H25ClN4O2/c1-16-22(17(2)28(26-16)15-18-6-8-20(24)9-7-18)13-25-21-5-3-4-19(12-21)14-27-10-11-30-23(27)29/h3-9,12,25H,10-11,13-15H2,1-2H3. The normalized spacial score (nSPS) is 13.6. The number of nitrogens with zero attached hydrogens (tertiary/aromatic N) is 3. The van der Waals surface area contributed by atoms with Gasteiger partial charge >= 0.3 is 6.09 Å². The van der Waals surface area contributed by atoms with Crippen molar-refractivity contribution in [2.75, 3.05) is 18.5 Å². The van der Waals surface area contributed by atoms with Crippen LogP contribution in [0.25, 0.3) is 0 Å². The van der Waals surface area contributed by atoms with E-state index in [1.807, 2.05) is 54.1 Å². The molecule has 1 aromatic heterocycles. The third-order valence-electron chi connectivity index (χ3n) is 5.39. The number of benzene rings is 2. The molecule has 6 nitrogen and oxygen atoms in total. The van der Waals surface area contributed by atoms with Crippen LogP contribution in [0.2, 0.25) is 5.02 Å². The Morgan fingerprint density at radius 2 is 1.90 bits per heavy atom. The Morgan fingerprint density at radius 3 is 2.63 bits per heavy atom. The number of aromatic nitrogens is 2. The summed E-state index contributed by atoms with van der Waals surface area (Å²) in [6.45, 7) is 7.21. The van der Waals surface area contributed by atoms with Gasteiger partial charge in [-0.25, -0.2) is 4.79 Å². The second-order valence-electron chi connectivity index (χ2n) is 7.52. The summed E-state index contributed by atoms with van der Waals surface area (Å²) in [5.74, 6) is 0. The lowest BCUT2D eigenvalue weighted by Gasteiger charge is -2.14. The molecule has 0 radical (unpaired) electrons. The van der Waals surface area contributed by atoms with E-state index < -0.39 is 0 Å². The van der Waals surface area contributed by atoms with E-state index in [1.54, 1.807) is 4.90 Å². The molecule has 1 amide bonds. The quantitative estimate of drug-likeness (QED) is 0.593. The molecule has 30 heavy (non-hydrogen) atoms. The van der Waals surface area contributed by atoms with Gasteiger partial charge in [-0.1, -0.05) is 35.9 Å². The van der Waals surface area contributed by atoms with Crippen molar-refractivity contribution in [1.82, 2.24) is 14.7 Å². The highest BCUT2D eigenvalue weighted by Gasteiger charge is 2.21. The lowest BCUT2D eigenvalue weighted by molar-refractivity contribution is 0.157. The number of hydrogen-bond donors (Lipinski definition) is 1. The molecule has 2 aromatic carbocycles. The van der Waals surface area contributed by atoms with Crippen LogP contribution in [-0.4, -0.2) is 33.9 Å². The summed E-state index contributed by atoms with van der Waals surface area (Å²) in [4.78, 5) is 13.4. The van der Waals surface area contributed by atoms with E-state index in [0.717, 1.165) is 33.2 Å². The van der Waals surface area contributed by atoms with Crippen molar-refractivity contribution in [3.63, 3.8) is 0 Å². The van der Waals surface area contributed by atoms with Crippen molar-refractivity contribution >= 4 is 23.4 Å². The van der Waals surface area contributed by atoms with Crippen LogP contribution in [0.4, 0.5) is 10.5 Å². The van der Waals surface area contributed by atoms with Gasteiger partial charge in [-0.05, 0) is 49.2 Å². The fraction of sp³-hybridized carbons (Fsp3) is 0.304. The summed E-state index contributed by atoms with van der Waals surface area (Å²) >= 11 is 5.98. The summed E-state index contributed by atoms with van der Waals surface area (Å²) in [6.07, 6.45) is -0.243.